The summed E-state index contributed by atoms with van der Waals surface area (Å²) in [5.41, 5.74) is 6.46. The largest absolute Gasteiger partial charge is 0.475 e. The fourth-order valence-electron chi connectivity index (χ4n) is 5.79. The summed E-state index contributed by atoms with van der Waals surface area (Å²) in [6, 6.07) is 2.67. The number of amides is 3. The molecule has 230 valence electrons. The van der Waals surface area contributed by atoms with Gasteiger partial charge < -0.3 is 30.4 Å². The smallest absolute Gasteiger partial charge is 0.372 e. The van der Waals surface area contributed by atoms with Crippen LogP contribution in [0.2, 0.25) is 5.02 Å². The molecule has 0 aliphatic carbocycles. The molecule has 0 bridgehead atoms. The number of nitrogens with one attached hydrogen (secondary N) is 1. The number of nitrogens with two attached hydrogens (primary N) is 1. The summed E-state index contributed by atoms with van der Waals surface area (Å²) in [7, 11) is 0. The number of carbonyl (C=O) groups excluding carboxylic acids is 3. The lowest BCUT2D eigenvalue weighted by molar-refractivity contribution is -0.125. The molecule has 3 amide bonds. The first kappa shape index (κ1) is 30.9. The molecular formula is C28H34ClN7O6S. The summed E-state index contributed by atoms with van der Waals surface area (Å²) >= 11 is 7.15. The predicted octanol–water partition coefficient (Wildman–Crippen LogP) is 2.79. The molecule has 0 radical (unpaired) electrons. The van der Waals surface area contributed by atoms with Crippen molar-refractivity contribution >= 4 is 63.5 Å². The molecular weight excluding hydrogens is 598 g/mol. The molecule has 2 aliphatic rings. The summed E-state index contributed by atoms with van der Waals surface area (Å²) in [5, 5.41) is 13.2. The first-order valence-corrected chi connectivity index (χ1v) is 15.3. The summed E-state index contributed by atoms with van der Waals surface area (Å²) in [6.07, 6.45) is 3.10. The van der Waals surface area contributed by atoms with Gasteiger partial charge in [-0.05, 0) is 57.7 Å². The number of likely N-dealkylation sites (tertiary alicyclic amines) is 1. The third-order valence-electron chi connectivity index (χ3n) is 7.83. The van der Waals surface area contributed by atoms with Crippen LogP contribution in [-0.2, 0) is 20.9 Å². The second-order valence-electron chi connectivity index (χ2n) is 11.0. The van der Waals surface area contributed by atoms with Gasteiger partial charge in [0, 0.05) is 36.8 Å². The topological polar surface area (TPSA) is 173 Å². The number of hydrogen-bond acceptors (Lipinski definition) is 9. The third-order valence-corrected chi connectivity index (χ3v) is 9.37. The highest BCUT2D eigenvalue weighted by Gasteiger charge is 2.38. The van der Waals surface area contributed by atoms with Crippen LogP contribution in [0.1, 0.15) is 64.2 Å². The van der Waals surface area contributed by atoms with Crippen molar-refractivity contribution in [2.45, 2.75) is 57.7 Å². The molecule has 2 unspecified atom stereocenters. The van der Waals surface area contributed by atoms with Crippen molar-refractivity contribution in [3.8, 4) is 0 Å². The van der Waals surface area contributed by atoms with Crippen molar-refractivity contribution in [1.29, 1.82) is 0 Å². The Hall–Kier alpha value is -3.59. The number of aromatic nitrogens is 3. The van der Waals surface area contributed by atoms with Crippen LogP contribution in [0.25, 0.3) is 11.0 Å². The monoisotopic (exact) mass is 631 g/mol. The second-order valence-corrected chi connectivity index (χ2v) is 12.4. The predicted molar refractivity (Wildman–Crippen MR) is 161 cm³/mol. The number of primary amides is 1. The minimum absolute atomic E-state index is 0.0958. The number of pyridine rings is 1. The van der Waals surface area contributed by atoms with Gasteiger partial charge in [0.05, 0.1) is 23.2 Å². The maximum absolute atomic E-state index is 13.9. The molecule has 2 atom stereocenters. The molecule has 5 rings (SSSR count). The normalized spacial score (nSPS) is 19.9. The lowest BCUT2D eigenvalue weighted by atomic mass is 9.88. The number of anilines is 1. The highest BCUT2D eigenvalue weighted by molar-refractivity contribution is 7.16. The molecule has 5 heterocycles. The van der Waals surface area contributed by atoms with Gasteiger partial charge in [0.25, 0.3) is 5.91 Å². The maximum atomic E-state index is 13.9. The lowest BCUT2D eigenvalue weighted by Gasteiger charge is -2.40. The molecule has 43 heavy (non-hydrogen) atoms. The number of nitrogens with zero attached hydrogens (tertiary/aromatic N) is 5. The van der Waals surface area contributed by atoms with Gasteiger partial charge in [-0.3, -0.25) is 19.3 Å². The summed E-state index contributed by atoms with van der Waals surface area (Å²) in [5.74, 6) is -2.91. The van der Waals surface area contributed by atoms with Gasteiger partial charge in [-0.1, -0.05) is 11.6 Å². The van der Waals surface area contributed by atoms with E-state index in [9.17, 15) is 24.3 Å². The number of piperidine rings is 1. The van der Waals surface area contributed by atoms with Crippen LogP contribution < -0.4 is 11.1 Å². The van der Waals surface area contributed by atoms with Crippen molar-refractivity contribution < 1.29 is 29.0 Å². The zero-order valence-corrected chi connectivity index (χ0v) is 25.5. The van der Waals surface area contributed by atoms with Crippen LogP contribution in [-0.4, -0.2) is 98.1 Å². The Bertz CT molecular complexity index is 1530. The minimum Gasteiger partial charge on any atom is -0.475 e. The van der Waals surface area contributed by atoms with Gasteiger partial charge in [0.1, 0.15) is 22.8 Å². The molecule has 2 fully saturated rings. The average molecular weight is 632 g/mol. The standard InChI is InChI=1S/C28H34ClN7O6S/c1-15(2)35-8-6-16(12-18(35)25(30)38)23-22-21(24(43-23)27(39)34-7-3-10-42-11-9-34)33-26(28(40)41)36(22)14-20(37)32-19-5-4-17(29)13-31-19/h4-5,13,15-16,18H,3,6-12,14H2,1-2H3,(H2,30,38)(H,40,41)(H,31,32,37). The van der Waals surface area contributed by atoms with Gasteiger partial charge in [-0.2, -0.15) is 0 Å². The summed E-state index contributed by atoms with van der Waals surface area (Å²) < 4.78 is 6.86. The van der Waals surface area contributed by atoms with E-state index in [1.165, 1.54) is 28.2 Å². The lowest BCUT2D eigenvalue weighted by Crippen LogP contribution is -2.52. The van der Waals surface area contributed by atoms with E-state index in [0.29, 0.717) is 72.4 Å². The van der Waals surface area contributed by atoms with Crippen molar-refractivity contribution in [2.75, 3.05) is 38.2 Å². The van der Waals surface area contributed by atoms with Gasteiger partial charge in [-0.15, -0.1) is 11.3 Å². The number of rotatable bonds is 8. The van der Waals surface area contributed by atoms with Crippen LogP contribution in [0, 0.1) is 0 Å². The van der Waals surface area contributed by atoms with Crippen LogP contribution in [0.15, 0.2) is 18.3 Å². The van der Waals surface area contributed by atoms with Gasteiger partial charge in [-0.25, -0.2) is 14.8 Å². The number of aromatic carboxylic acids is 1. The van der Waals surface area contributed by atoms with Gasteiger partial charge >= 0.3 is 5.97 Å². The van der Waals surface area contributed by atoms with E-state index >= 15 is 0 Å². The van der Waals surface area contributed by atoms with Crippen molar-refractivity contribution in [2.24, 2.45) is 5.73 Å². The Labute approximate surface area is 256 Å². The van der Waals surface area contributed by atoms with E-state index in [-0.39, 0.29) is 41.6 Å². The van der Waals surface area contributed by atoms with Crippen molar-refractivity contribution in [3.63, 3.8) is 0 Å². The number of carboxylic acids is 1. The average Bonchev–Trinajstić information content (AvgIpc) is 3.38. The Morgan fingerprint density at radius 1 is 1.21 bits per heavy atom. The molecule has 0 saturated carbocycles. The Kier molecular flexibility index (Phi) is 9.30. The van der Waals surface area contributed by atoms with E-state index in [2.05, 4.69) is 20.2 Å². The summed E-state index contributed by atoms with van der Waals surface area (Å²) in [6.45, 7) is 6.04. The van der Waals surface area contributed by atoms with E-state index in [4.69, 9.17) is 22.1 Å². The van der Waals surface area contributed by atoms with Gasteiger partial charge in [0.2, 0.25) is 17.6 Å². The van der Waals surface area contributed by atoms with E-state index in [1.54, 1.807) is 11.0 Å². The number of fused-ring (bicyclic) bond motifs is 1. The summed E-state index contributed by atoms with van der Waals surface area (Å²) in [4.78, 5) is 65.2. The second kappa shape index (κ2) is 13.0. The molecule has 0 spiro atoms. The molecule has 2 aliphatic heterocycles. The number of halogens is 1. The van der Waals surface area contributed by atoms with E-state index in [0.717, 1.165) is 0 Å². The first-order valence-electron chi connectivity index (χ1n) is 14.1. The number of imidazole rings is 1. The molecule has 15 heteroatoms. The third kappa shape index (κ3) is 6.51. The maximum Gasteiger partial charge on any atom is 0.372 e. The fourth-order valence-corrected chi connectivity index (χ4v) is 7.27. The Balaban J connectivity index is 1.59. The van der Waals surface area contributed by atoms with Crippen LogP contribution >= 0.6 is 22.9 Å². The van der Waals surface area contributed by atoms with E-state index in [1.807, 2.05) is 13.8 Å². The van der Waals surface area contributed by atoms with Crippen LogP contribution in [0.5, 0.6) is 0 Å². The zero-order valence-electron chi connectivity index (χ0n) is 23.9. The minimum atomic E-state index is -1.34. The molecule has 2 saturated heterocycles. The SMILES string of the molecule is CC(C)N1CCC(c2sc(C(=O)N3CCCOCC3)c3nc(C(=O)O)n(CC(=O)Nc4ccc(Cl)cn4)c23)CC1C(N)=O. The highest BCUT2D eigenvalue weighted by Crippen LogP contribution is 2.43. The molecule has 4 N–H and O–H groups in total. The number of ether oxygens (including phenoxy) is 1. The molecule has 3 aromatic heterocycles. The molecule has 13 nitrogen and oxygen atoms in total. The fraction of sp³-hybridized carbons (Fsp3) is 0.500. The Morgan fingerprint density at radius 3 is 2.67 bits per heavy atom. The quantitative estimate of drug-likeness (QED) is 0.338. The van der Waals surface area contributed by atoms with Crippen molar-refractivity contribution in [1.82, 2.24) is 24.3 Å². The number of carbonyl (C=O) groups is 4. The number of carboxylic acid groups (broad SMARTS) is 1. The Morgan fingerprint density at radius 2 is 2.00 bits per heavy atom. The van der Waals surface area contributed by atoms with Crippen LogP contribution in [0.4, 0.5) is 5.82 Å². The number of hydrogen-bond donors (Lipinski definition) is 3. The van der Waals surface area contributed by atoms with Crippen LogP contribution in [0.3, 0.4) is 0 Å². The van der Waals surface area contributed by atoms with Crippen molar-refractivity contribution in [3.05, 3.63) is 38.9 Å². The molecule has 0 aromatic carbocycles. The van der Waals surface area contributed by atoms with E-state index < -0.39 is 23.8 Å². The molecule has 3 aromatic rings. The number of thiophene rings is 1. The first-order chi connectivity index (χ1) is 20.5. The van der Waals surface area contributed by atoms with Gasteiger partial charge in [0.15, 0.2) is 0 Å². The highest BCUT2D eigenvalue weighted by atomic mass is 35.5. The zero-order chi connectivity index (χ0) is 30.8.